The molecule has 3 aliphatic heterocycles. The molecule has 0 aromatic heterocycles. The second-order valence-corrected chi connectivity index (χ2v) is 6.29. The molecule has 1 saturated heterocycles. The van der Waals surface area contributed by atoms with Crippen LogP contribution in [-0.2, 0) is 4.74 Å². The topological polar surface area (TPSA) is 73.9 Å². The summed E-state index contributed by atoms with van der Waals surface area (Å²) in [5.41, 5.74) is 3.38. The standard InChI is InChI=1S/C19H20N4O3/c24-18(22-7-9-26-10-8-22)14-1-3-17(4-2-14)21-19(25)23-12-15-5-6-20-11-16(15)13-23/h1-6,11-12,20H,7-10,13H2,(H,21,25). The van der Waals surface area contributed by atoms with Gasteiger partial charge in [0.15, 0.2) is 0 Å². The maximum atomic E-state index is 12.4. The zero-order valence-corrected chi connectivity index (χ0v) is 14.3. The van der Waals surface area contributed by atoms with Crippen LogP contribution in [0.2, 0.25) is 0 Å². The maximum absolute atomic E-state index is 12.4. The van der Waals surface area contributed by atoms with E-state index in [0.29, 0.717) is 44.1 Å². The summed E-state index contributed by atoms with van der Waals surface area (Å²) in [4.78, 5) is 28.3. The molecule has 2 N–H and O–H groups in total. The van der Waals surface area contributed by atoms with Gasteiger partial charge in [0.2, 0.25) is 0 Å². The molecule has 3 aliphatic rings. The maximum Gasteiger partial charge on any atom is 0.326 e. The van der Waals surface area contributed by atoms with E-state index in [1.54, 1.807) is 34.1 Å². The van der Waals surface area contributed by atoms with Crippen LogP contribution in [0.15, 0.2) is 60.1 Å². The minimum atomic E-state index is -0.201. The van der Waals surface area contributed by atoms with E-state index < -0.39 is 0 Å². The molecule has 0 spiro atoms. The summed E-state index contributed by atoms with van der Waals surface area (Å²) in [6, 6.07) is 6.79. The van der Waals surface area contributed by atoms with Crippen molar-refractivity contribution in [2.75, 3.05) is 38.2 Å². The summed E-state index contributed by atoms with van der Waals surface area (Å²) in [7, 11) is 0. The molecule has 134 valence electrons. The van der Waals surface area contributed by atoms with Crippen LogP contribution in [0.1, 0.15) is 10.4 Å². The van der Waals surface area contributed by atoms with Gasteiger partial charge in [-0.2, -0.15) is 0 Å². The molecule has 0 aliphatic carbocycles. The minimum Gasteiger partial charge on any atom is -0.378 e. The van der Waals surface area contributed by atoms with Gasteiger partial charge in [0, 0.05) is 42.9 Å². The predicted molar refractivity (Wildman–Crippen MR) is 97.3 cm³/mol. The van der Waals surface area contributed by atoms with Crippen LogP contribution >= 0.6 is 0 Å². The second kappa shape index (κ2) is 7.05. The fourth-order valence-corrected chi connectivity index (χ4v) is 3.11. The van der Waals surface area contributed by atoms with Gasteiger partial charge in [-0.1, -0.05) is 0 Å². The van der Waals surface area contributed by atoms with E-state index in [1.165, 1.54) is 0 Å². The van der Waals surface area contributed by atoms with E-state index in [9.17, 15) is 9.59 Å². The van der Waals surface area contributed by atoms with Crippen LogP contribution in [0.4, 0.5) is 10.5 Å². The number of anilines is 1. The van der Waals surface area contributed by atoms with Crippen LogP contribution in [0.5, 0.6) is 0 Å². The van der Waals surface area contributed by atoms with Crippen molar-refractivity contribution in [3.05, 3.63) is 65.7 Å². The third-order valence-electron chi connectivity index (χ3n) is 4.57. The van der Waals surface area contributed by atoms with Gasteiger partial charge in [-0.25, -0.2) is 4.79 Å². The number of fused-ring (bicyclic) bond motifs is 1. The lowest BCUT2D eigenvalue weighted by atomic mass is 10.1. The summed E-state index contributed by atoms with van der Waals surface area (Å²) >= 11 is 0. The molecule has 0 atom stereocenters. The lowest BCUT2D eigenvalue weighted by Crippen LogP contribution is -2.40. The number of carbonyl (C=O) groups is 2. The molecule has 0 saturated carbocycles. The molecule has 0 unspecified atom stereocenters. The van der Waals surface area contributed by atoms with Crippen LogP contribution in [-0.4, -0.2) is 54.6 Å². The number of dihydropyridines is 1. The van der Waals surface area contributed by atoms with Gasteiger partial charge in [0.05, 0.1) is 19.8 Å². The molecular formula is C19H20N4O3. The predicted octanol–water partition coefficient (Wildman–Crippen LogP) is 1.89. The number of nitrogens with zero attached hydrogens (tertiary/aromatic N) is 2. The third-order valence-corrected chi connectivity index (χ3v) is 4.57. The summed E-state index contributed by atoms with van der Waals surface area (Å²) in [5, 5.41) is 5.89. The Balaban J connectivity index is 1.38. The first kappa shape index (κ1) is 16.4. The fourth-order valence-electron chi connectivity index (χ4n) is 3.11. The molecule has 0 bridgehead atoms. The number of carbonyl (C=O) groups excluding carboxylic acids is 2. The average molecular weight is 352 g/mol. The number of rotatable bonds is 2. The van der Waals surface area contributed by atoms with Crippen molar-refractivity contribution < 1.29 is 14.3 Å². The smallest absolute Gasteiger partial charge is 0.326 e. The van der Waals surface area contributed by atoms with E-state index in [4.69, 9.17) is 4.74 Å². The molecule has 26 heavy (non-hydrogen) atoms. The number of morpholine rings is 1. The van der Waals surface area contributed by atoms with Crippen molar-refractivity contribution in [1.82, 2.24) is 15.1 Å². The first-order chi connectivity index (χ1) is 12.7. The van der Waals surface area contributed by atoms with Gasteiger partial charge < -0.3 is 20.3 Å². The van der Waals surface area contributed by atoms with Crippen LogP contribution in [0.25, 0.3) is 0 Å². The van der Waals surface area contributed by atoms with Crippen molar-refractivity contribution in [3.63, 3.8) is 0 Å². The highest BCUT2D eigenvalue weighted by molar-refractivity contribution is 5.96. The minimum absolute atomic E-state index is 0.00856. The highest BCUT2D eigenvalue weighted by atomic mass is 16.5. The molecule has 3 heterocycles. The number of hydrogen-bond acceptors (Lipinski definition) is 4. The zero-order chi connectivity index (χ0) is 17.9. The van der Waals surface area contributed by atoms with Gasteiger partial charge in [0.1, 0.15) is 0 Å². The van der Waals surface area contributed by atoms with Crippen molar-refractivity contribution in [3.8, 4) is 0 Å². The van der Waals surface area contributed by atoms with Gasteiger partial charge in [-0.05, 0) is 41.5 Å². The number of allylic oxidation sites excluding steroid dienone is 1. The van der Waals surface area contributed by atoms with Gasteiger partial charge in [-0.3, -0.25) is 9.69 Å². The Morgan fingerprint density at radius 1 is 1.12 bits per heavy atom. The zero-order valence-electron chi connectivity index (χ0n) is 14.3. The largest absolute Gasteiger partial charge is 0.378 e. The molecule has 3 amide bonds. The molecule has 7 nitrogen and oxygen atoms in total. The van der Waals surface area contributed by atoms with Crippen molar-refractivity contribution in [1.29, 1.82) is 0 Å². The lowest BCUT2D eigenvalue weighted by molar-refractivity contribution is 0.0303. The average Bonchev–Trinajstić information content (AvgIpc) is 3.13. The quantitative estimate of drug-likeness (QED) is 0.852. The second-order valence-electron chi connectivity index (χ2n) is 6.29. The number of benzene rings is 1. The number of amides is 3. The van der Waals surface area contributed by atoms with Crippen molar-refractivity contribution in [2.45, 2.75) is 0 Å². The summed E-state index contributed by atoms with van der Waals surface area (Å²) in [6.07, 6.45) is 7.50. The van der Waals surface area contributed by atoms with E-state index >= 15 is 0 Å². The monoisotopic (exact) mass is 352 g/mol. The van der Waals surface area contributed by atoms with E-state index in [1.807, 2.05) is 24.7 Å². The Morgan fingerprint density at radius 3 is 2.62 bits per heavy atom. The molecule has 1 fully saturated rings. The molecule has 1 aromatic carbocycles. The summed E-state index contributed by atoms with van der Waals surface area (Å²) < 4.78 is 5.27. The Kier molecular flexibility index (Phi) is 4.45. The Hall–Kier alpha value is -3.06. The Bertz CT molecular complexity index is 805. The highest BCUT2D eigenvalue weighted by Gasteiger charge is 2.23. The number of ether oxygens (including phenoxy) is 1. The van der Waals surface area contributed by atoms with Crippen molar-refractivity contribution in [2.24, 2.45) is 0 Å². The number of hydrogen-bond donors (Lipinski definition) is 2. The lowest BCUT2D eigenvalue weighted by Gasteiger charge is -2.26. The third kappa shape index (κ3) is 3.34. The van der Waals surface area contributed by atoms with Gasteiger partial charge in [-0.15, -0.1) is 0 Å². The number of urea groups is 1. The Labute approximate surface area is 151 Å². The first-order valence-electron chi connectivity index (χ1n) is 8.59. The molecule has 1 aromatic rings. The van der Waals surface area contributed by atoms with Crippen LogP contribution in [0.3, 0.4) is 0 Å². The molecule has 7 heteroatoms. The van der Waals surface area contributed by atoms with E-state index in [0.717, 1.165) is 11.1 Å². The number of nitrogens with one attached hydrogen (secondary N) is 2. The first-order valence-corrected chi connectivity index (χ1v) is 8.59. The van der Waals surface area contributed by atoms with Gasteiger partial charge >= 0.3 is 6.03 Å². The van der Waals surface area contributed by atoms with Crippen LogP contribution < -0.4 is 10.6 Å². The molecular weight excluding hydrogens is 332 g/mol. The van der Waals surface area contributed by atoms with Crippen LogP contribution in [0, 0.1) is 0 Å². The Morgan fingerprint density at radius 2 is 1.88 bits per heavy atom. The highest BCUT2D eigenvalue weighted by Crippen LogP contribution is 2.24. The van der Waals surface area contributed by atoms with E-state index in [2.05, 4.69) is 10.6 Å². The SMILES string of the molecule is O=C(Nc1ccc(C(=O)N2CCOCC2)cc1)N1C=C2C=CNC=C2C1. The fraction of sp³-hybridized carbons (Fsp3) is 0.263. The summed E-state index contributed by atoms with van der Waals surface area (Å²) in [6.45, 7) is 2.91. The normalized spacial score (nSPS) is 18.6. The molecule has 0 radical (unpaired) electrons. The van der Waals surface area contributed by atoms with E-state index in [-0.39, 0.29) is 11.9 Å². The summed E-state index contributed by atoms with van der Waals surface area (Å²) in [5.74, 6) is -0.00856. The van der Waals surface area contributed by atoms with Gasteiger partial charge in [0.25, 0.3) is 5.91 Å². The van der Waals surface area contributed by atoms with Crippen molar-refractivity contribution >= 4 is 17.6 Å². The molecule has 4 rings (SSSR count).